The molecule has 0 unspecified atom stereocenters. The van der Waals surface area contributed by atoms with E-state index in [1.54, 1.807) is 0 Å². The van der Waals surface area contributed by atoms with Crippen molar-refractivity contribution in [3.63, 3.8) is 0 Å². The Hall–Kier alpha value is -2.78. The number of urea groups is 2. The Balaban J connectivity index is 2.39. The topological polar surface area (TPSA) is 115 Å². The van der Waals surface area contributed by atoms with Crippen molar-refractivity contribution in [1.82, 2.24) is 19.6 Å². The minimum atomic E-state index is -1.16. The molecule has 0 radical (unpaired) electrons. The number of hydrogen-bond donors (Lipinski definition) is 0. The zero-order valence-corrected chi connectivity index (χ0v) is 15.1. The average Bonchev–Trinajstić information content (AvgIpc) is 2.57. The van der Waals surface area contributed by atoms with Crippen LogP contribution in [0, 0.1) is 0 Å². The van der Waals surface area contributed by atoms with E-state index in [0.717, 1.165) is 32.4 Å². The maximum atomic E-state index is 12.5. The van der Waals surface area contributed by atoms with Gasteiger partial charge in [0.25, 0.3) is 0 Å². The summed E-state index contributed by atoms with van der Waals surface area (Å²) < 4.78 is 0. The monoisotopic (exact) mass is 366 g/mol. The SMILES string of the molecule is CCCCCC(N1C(=O)CC(=O)N(C)C1=O)N1C(=O)CC(=O)N(C)C1=O. The lowest BCUT2D eigenvalue weighted by Gasteiger charge is -2.42. The highest BCUT2D eigenvalue weighted by Crippen LogP contribution is 2.25. The van der Waals surface area contributed by atoms with E-state index in [-0.39, 0.29) is 6.42 Å². The van der Waals surface area contributed by atoms with Crippen molar-refractivity contribution >= 4 is 35.7 Å². The van der Waals surface area contributed by atoms with Crippen LogP contribution in [0.15, 0.2) is 0 Å². The molecule has 0 aromatic heterocycles. The predicted molar refractivity (Wildman–Crippen MR) is 87.2 cm³/mol. The molecular formula is C16H22N4O6. The molecule has 2 aliphatic heterocycles. The van der Waals surface area contributed by atoms with Crippen molar-refractivity contribution in [2.24, 2.45) is 0 Å². The zero-order chi connectivity index (χ0) is 19.6. The minimum absolute atomic E-state index is 0.187. The summed E-state index contributed by atoms with van der Waals surface area (Å²) in [6.07, 6.45) is 0.180. The van der Waals surface area contributed by atoms with Gasteiger partial charge in [-0.1, -0.05) is 19.8 Å². The van der Waals surface area contributed by atoms with Crippen LogP contribution in [-0.4, -0.2) is 75.6 Å². The van der Waals surface area contributed by atoms with Crippen molar-refractivity contribution in [3.8, 4) is 0 Å². The summed E-state index contributed by atoms with van der Waals surface area (Å²) in [5, 5.41) is 0. The van der Waals surface area contributed by atoms with Gasteiger partial charge in [0.1, 0.15) is 19.0 Å². The fraction of sp³-hybridized carbons (Fsp3) is 0.625. The first kappa shape index (κ1) is 19.5. The Morgan fingerprint density at radius 3 is 1.54 bits per heavy atom. The standard InChI is InChI=1S/C16H22N4O6/c1-4-5-6-7-10(19-13(23)8-11(21)17(2)15(19)25)20-14(24)9-12(22)18(3)16(20)26/h10H,4-9H2,1-3H3. The first-order chi connectivity index (χ1) is 12.2. The molecule has 2 heterocycles. The molecule has 0 bridgehead atoms. The number of hydrogen-bond acceptors (Lipinski definition) is 6. The normalized spacial score (nSPS) is 19.4. The lowest BCUT2D eigenvalue weighted by atomic mass is 10.1. The molecule has 2 aliphatic rings. The third kappa shape index (κ3) is 3.44. The lowest BCUT2D eigenvalue weighted by molar-refractivity contribution is -0.150. The first-order valence-electron chi connectivity index (χ1n) is 8.45. The Bertz CT molecular complexity index is 624. The van der Waals surface area contributed by atoms with E-state index >= 15 is 0 Å². The molecule has 0 spiro atoms. The van der Waals surface area contributed by atoms with Crippen molar-refractivity contribution < 1.29 is 28.8 Å². The molecule has 0 N–H and O–H groups in total. The van der Waals surface area contributed by atoms with Crippen LogP contribution in [0.5, 0.6) is 0 Å². The van der Waals surface area contributed by atoms with Crippen molar-refractivity contribution in [1.29, 1.82) is 0 Å². The predicted octanol–water partition coefficient (Wildman–Crippen LogP) is 0.514. The Labute approximate surface area is 150 Å². The molecule has 10 heteroatoms. The minimum Gasteiger partial charge on any atom is -0.274 e. The third-order valence-corrected chi connectivity index (χ3v) is 4.54. The highest BCUT2D eigenvalue weighted by molar-refractivity contribution is 6.16. The molecule has 8 amide bonds. The van der Waals surface area contributed by atoms with Gasteiger partial charge in [0.2, 0.25) is 23.6 Å². The fourth-order valence-corrected chi connectivity index (χ4v) is 2.95. The largest absolute Gasteiger partial charge is 0.334 e. The quantitative estimate of drug-likeness (QED) is 0.500. The Kier molecular flexibility index (Phi) is 5.73. The highest BCUT2D eigenvalue weighted by atomic mass is 16.2. The molecule has 26 heavy (non-hydrogen) atoms. The molecular weight excluding hydrogens is 344 g/mol. The van der Waals surface area contributed by atoms with Crippen LogP contribution < -0.4 is 0 Å². The van der Waals surface area contributed by atoms with Gasteiger partial charge in [-0.05, 0) is 12.8 Å². The van der Waals surface area contributed by atoms with Crippen molar-refractivity contribution in [2.75, 3.05) is 14.1 Å². The maximum Gasteiger partial charge on any atom is 0.334 e. The summed E-state index contributed by atoms with van der Waals surface area (Å²) in [6, 6.07) is -1.76. The summed E-state index contributed by atoms with van der Waals surface area (Å²) in [6.45, 7) is 1.96. The second-order valence-corrected chi connectivity index (χ2v) is 6.33. The second-order valence-electron chi connectivity index (χ2n) is 6.33. The number of unbranched alkanes of at least 4 members (excludes halogenated alkanes) is 2. The molecule has 2 rings (SSSR count). The zero-order valence-electron chi connectivity index (χ0n) is 15.1. The van der Waals surface area contributed by atoms with Gasteiger partial charge >= 0.3 is 12.1 Å². The van der Waals surface area contributed by atoms with E-state index in [1.807, 2.05) is 6.92 Å². The fourth-order valence-electron chi connectivity index (χ4n) is 2.95. The number of carbonyl (C=O) groups is 6. The number of rotatable bonds is 6. The molecule has 0 saturated carbocycles. The first-order valence-corrected chi connectivity index (χ1v) is 8.45. The maximum absolute atomic E-state index is 12.5. The second kappa shape index (κ2) is 7.63. The van der Waals surface area contributed by atoms with Gasteiger partial charge in [-0.15, -0.1) is 0 Å². The van der Waals surface area contributed by atoms with Crippen LogP contribution in [0.2, 0.25) is 0 Å². The number of amides is 8. The highest BCUT2D eigenvalue weighted by Gasteiger charge is 2.47. The van der Waals surface area contributed by atoms with Gasteiger partial charge in [-0.2, -0.15) is 0 Å². The van der Waals surface area contributed by atoms with E-state index in [2.05, 4.69) is 0 Å². The van der Waals surface area contributed by atoms with Crippen LogP contribution in [0.25, 0.3) is 0 Å². The molecule has 2 fully saturated rings. The third-order valence-electron chi connectivity index (χ3n) is 4.54. The van der Waals surface area contributed by atoms with Gasteiger partial charge in [-0.3, -0.25) is 29.0 Å². The summed E-state index contributed by atoms with van der Waals surface area (Å²) in [5.74, 6) is -2.82. The van der Waals surface area contributed by atoms with Gasteiger partial charge in [0.15, 0.2) is 0 Å². The van der Waals surface area contributed by atoms with E-state index < -0.39 is 54.7 Å². The summed E-state index contributed by atoms with van der Waals surface area (Å²) >= 11 is 0. The van der Waals surface area contributed by atoms with E-state index in [0.29, 0.717) is 6.42 Å². The van der Waals surface area contributed by atoms with Crippen molar-refractivity contribution in [2.45, 2.75) is 51.6 Å². The molecule has 10 nitrogen and oxygen atoms in total. The molecule has 2 saturated heterocycles. The molecule has 142 valence electrons. The van der Waals surface area contributed by atoms with E-state index in [4.69, 9.17) is 0 Å². The Morgan fingerprint density at radius 1 is 0.731 bits per heavy atom. The molecule has 0 aromatic rings. The van der Waals surface area contributed by atoms with Gasteiger partial charge < -0.3 is 0 Å². The van der Waals surface area contributed by atoms with Gasteiger partial charge in [-0.25, -0.2) is 19.4 Å². The molecule has 0 aliphatic carbocycles. The van der Waals surface area contributed by atoms with Gasteiger partial charge in [0, 0.05) is 14.1 Å². The Morgan fingerprint density at radius 2 is 1.15 bits per heavy atom. The van der Waals surface area contributed by atoms with Crippen LogP contribution in [0.4, 0.5) is 9.59 Å². The van der Waals surface area contributed by atoms with Crippen LogP contribution >= 0.6 is 0 Å². The van der Waals surface area contributed by atoms with Crippen molar-refractivity contribution in [3.05, 3.63) is 0 Å². The number of nitrogens with zero attached hydrogens (tertiary/aromatic N) is 4. The smallest absolute Gasteiger partial charge is 0.274 e. The number of carbonyl (C=O) groups excluding carboxylic acids is 6. The van der Waals surface area contributed by atoms with Crippen LogP contribution in [0.1, 0.15) is 45.4 Å². The number of barbiturate groups is 2. The summed E-state index contributed by atoms with van der Waals surface area (Å²) in [4.78, 5) is 76.3. The van der Waals surface area contributed by atoms with E-state index in [1.165, 1.54) is 14.1 Å². The summed E-state index contributed by atoms with van der Waals surface area (Å²) in [7, 11) is 2.48. The van der Waals surface area contributed by atoms with Gasteiger partial charge in [0.05, 0.1) is 0 Å². The average molecular weight is 366 g/mol. The number of imide groups is 4. The summed E-state index contributed by atoms with van der Waals surface area (Å²) in [5.41, 5.74) is 0. The molecule has 0 atom stereocenters. The lowest BCUT2D eigenvalue weighted by Crippen LogP contribution is -2.66. The van der Waals surface area contributed by atoms with E-state index in [9.17, 15) is 28.8 Å². The molecule has 0 aromatic carbocycles. The van der Waals surface area contributed by atoms with Crippen LogP contribution in [0.3, 0.4) is 0 Å². The van der Waals surface area contributed by atoms with Crippen LogP contribution in [-0.2, 0) is 19.2 Å².